The highest BCUT2D eigenvalue weighted by Gasteiger charge is 2.18. The van der Waals surface area contributed by atoms with Crippen LogP contribution >= 0.6 is 0 Å². The van der Waals surface area contributed by atoms with E-state index in [0.717, 1.165) is 24.5 Å². The van der Waals surface area contributed by atoms with Gasteiger partial charge in [0.2, 0.25) is 0 Å². The van der Waals surface area contributed by atoms with Crippen molar-refractivity contribution in [1.82, 2.24) is 0 Å². The van der Waals surface area contributed by atoms with Gasteiger partial charge in [0.05, 0.1) is 11.4 Å². The fourth-order valence-electron chi connectivity index (χ4n) is 1.69. The molecule has 0 spiro atoms. The van der Waals surface area contributed by atoms with E-state index in [2.05, 4.69) is 5.32 Å². The molecule has 3 nitrogen and oxygen atoms in total. The number of fused-ring (bicyclic) bond motifs is 1. The second-order valence-corrected chi connectivity index (χ2v) is 3.27. The molecule has 1 atom stereocenters. The molecule has 0 aromatic heterocycles. The van der Waals surface area contributed by atoms with Crippen LogP contribution in [0, 0.1) is 0 Å². The minimum Gasteiger partial charge on any atom is -0.382 e. The number of aliphatic hydroxyl groups is 1. The Hall–Kier alpha value is -1.22. The van der Waals surface area contributed by atoms with E-state index in [1.807, 2.05) is 29.2 Å². The van der Waals surface area contributed by atoms with Crippen LogP contribution in [0.15, 0.2) is 24.3 Å². The molecule has 1 aliphatic rings. The smallest absolute Gasteiger partial charge is 0.124 e. The van der Waals surface area contributed by atoms with E-state index in [0.29, 0.717) is 0 Å². The van der Waals surface area contributed by atoms with Crippen molar-refractivity contribution in [3.63, 3.8) is 0 Å². The Morgan fingerprint density at radius 1 is 1.46 bits per heavy atom. The Morgan fingerprint density at radius 2 is 2.23 bits per heavy atom. The molecule has 1 aliphatic heterocycles. The molecule has 0 fully saturated rings. The number of rotatable bonds is 1. The molecule has 0 saturated heterocycles. The van der Waals surface area contributed by atoms with E-state index in [4.69, 9.17) is 0 Å². The van der Waals surface area contributed by atoms with Crippen LogP contribution in [0.3, 0.4) is 0 Å². The average Bonchev–Trinajstić information content (AvgIpc) is 2.17. The molecule has 1 aromatic carbocycles. The molecule has 1 unspecified atom stereocenters. The molecule has 0 saturated carbocycles. The van der Waals surface area contributed by atoms with Crippen LogP contribution in [-0.4, -0.2) is 24.4 Å². The van der Waals surface area contributed by atoms with E-state index < -0.39 is 6.23 Å². The van der Waals surface area contributed by atoms with Crippen molar-refractivity contribution < 1.29 is 5.11 Å². The lowest BCUT2D eigenvalue weighted by atomic mass is 10.2. The van der Waals surface area contributed by atoms with Gasteiger partial charge in [-0.25, -0.2) is 0 Å². The Kier molecular flexibility index (Phi) is 2.10. The summed E-state index contributed by atoms with van der Waals surface area (Å²) in [5.74, 6) is 0. The molecule has 0 aliphatic carbocycles. The third-order valence-electron chi connectivity index (χ3n) is 2.33. The highest BCUT2D eigenvalue weighted by atomic mass is 16.3. The first-order chi connectivity index (χ1) is 6.29. The molecular weight excluding hydrogens is 164 g/mol. The van der Waals surface area contributed by atoms with E-state index in [1.165, 1.54) is 0 Å². The van der Waals surface area contributed by atoms with E-state index >= 15 is 0 Å². The highest BCUT2D eigenvalue weighted by Crippen LogP contribution is 2.28. The van der Waals surface area contributed by atoms with Gasteiger partial charge in [-0.1, -0.05) is 12.1 Å². The first kappa shape index (κ1) is 8.38. The van der Waals surface area contributed by atoms with Gasteiger partial charge in [-0.2, -0.15) is 0 Å². The topological polar surface area (TPSA) is 35.5 Å². The molecule has 2 N–H and O–H groups in total. The minimum atomic E-state index is -0.414. The van der Waals surface area contributed by atoms with Gasteiger partial charge >= 0.3 is 0 Å². The number of benzene rings is 1. The van der Waals surface area contributed by atoms with E-state index in [9.17, 15) is 5.11 Å². The Labute approximate surface area is 78.0 Å². The van der Waals surface area contributed by atoms with Gasteiger partial charge in [-0.15, -0.1) is 0 Å². The lowest BCUT2D eigenvalue weighted by Gasteiger charge is -2.34. The summed E-state index contributed by atoms with van der Waals surface area (Å²) in [5.41, 5.74) is 2.19. The molecule has 0 bridgehead atoms. The van der Waals surface area contributed by atoms with Crippen molar-refractivity contribution in [1.29, 1.82) is 0 Å². The first-order valence-corrected chi connectivity index (χ1v) is 4.56. The fourth-order valence-corrected chi connectivity index (χ4v) is 1.69. The predicted molar refractivity (Wildman–Crippen MR) is 54.0 cm³/mol. The van der Waals surface area contributed by atoms with Crippen molar-refractivity contribution in [2.45, 2.75) is 13.2 Å². The van der Waals surface area contributed by atoms with Gasteiger partial charge in [0.1, 0.15) is 6.23 Å². The average molecular weight is 178 g/mol. The summed E-state index contributed by atoms with van der Waals surface area (Å²) in [7, 11) is 0. The standard InChI is InChI=1S/C10H14N2O/c1-8(13)12-7-6-11-9-4-2-3-5-10(9)12/h2-5,8,11,13H,6-7H2,1H3. The summed E-state index contributed by atoms with van der Waals surface area (Å²) in [6, 6.07) is 8.04. The molecule has 0 radical (unpaired) electrons. The summed E-state index contributed by atoms with van der Waals surface area (Å²) in [4.78, 5) is 1.99. The highest BCUT2D eigenvalue weighted by molar-refractivity contribution is 5.72. The van der Waals surface area contributed by atoms with Crippen LogP contribution in [0.5, 0.6) is 0 Å². The van der Waals surface area contributed by atoms with Crippen LogP contribution in [0.1, 0.15) is 6.92 Å². The zero-order chi connectivity index (χ0) is 9.26. The second-order valence-electron chi connectivity index (χ2n) is 3.27. The number of hydrogen-bond donors (Lipinski definition) is 2. The minimum absolute atomic E-state index is 0.414. The molecule has 13 heavy (non-hydrogen) atoms. The van der Waals surface area contributed by atoms with Crippen molar-refractivity contribution in [2.75, 3.05) is 23.3 Å². The monoisotopic (exact) mass is 178 g/mol. The maximum absolute atomic E-state index is 9.52. The van der Waals surface area contributed by atoms with Crippen LogP contribution < -0.4 is 10.2 Å². The van der Waals surface area contributed by atoms with E-state index in [-0.39, 0.29) is 0 Å². The molecular formula is C10H14N2O. The number of para-hydroxylation sites is 2. The molecule has 1 heterocycles. The third-order valence-corrected chi connectivity index (χ3v) is 2.33. The van der Waals surface area contributed by atoms with Crippen LogP contribution in [0.4, 0.5) is 11.4 Å². The number of hydrogen-bond acceptors (Lipinski definition) is 3. The second kappa shape index (κ2) is 3.26. The van der Waals surface area contributed by atoms with Gasteiger partial charge in [-0.3, -0.25) is 0 Å². The first-order valence-electron chi connectivity index (χ1n) is 4.56. The Morgan fingerprint density at radius 3 is 3.00 bits per heavy atom. The Bertz CT molecular complexity index is 299. The lowest BCUT2D eigenvalue weighted by molar-refractivity contribution is 0.188. The molecule has 3 heteroatoms. The zero-order valence-electron chi connectivity index (χ0n) is 7.70. The van der Waals surface area contributed by atoms with Gasteiger partial charge in [0.25, 0.3) is 0 Å². The normalized spacial score (nSPS) is 17.5. The van der Waals surface area contributed by atoms with Gasteiger partial charge in [0, 0.05) is 13.1 Å². The summed E-state index contributed by atoms with van der Waals surface area (Å²) in [5, 5.41) is 12.8. The van der Waals surface area contributed by atoms with Crippen molar-refractivity contribution in [3.8, 4) is 0 Å². The summed E-state index contributed by atoms with van der Waals surface area (Å²) in [6.07, 6.45) is -0.414. The van der Waals surface area contributed by atoms with Gasteiger partial charge < -0.3 is 15.3 Å². The molecule has 70 valence electrons. The van der Waals surface area contributed by atoms with Crippen LogP contribution in [0.25, 0.3) is 0 Å². The third kappa shape index (κ3) is 1.47. The largest absolute Gasteiger partial charge is 0.382 e. The maximum atomic E-state index is 9.52. The SMILES string of the molecule is CC(O)N1CCNc2ccccc21. The van der Waals surface area contributed by atoms with Gasteiger partial charge in [0.15, 0.2) is 0 Å². The van der Waals surface area contributed by atoms with Crippen molar-refractivity contribution in [2.24, 2.45) is 0 Å². The zero-order valence-corrected chi connectivity index (χ0v) is 7.70. The van der Waals surface area contributed by atoms with Crippen molar-refractivity contribution in [3.05, 3.63) is 24.3 Å². The quantitative estimate of drug-likeness (QED) is 0.679. The molecule has 1 aromatic rings. The number of nitrogens with one attached hydrogen (secondary N) is 1. The fraction of sp³-hybridized carbons (Fsp3) is 0.400. The Balaban J connectivity index is 2.37. The lowest BCUT2D eigenvalue weighted by Crippen LogP contribution is -2.40. The molecule has 2 rings (SSSR count). The maximum Gasteiger partial charge on any atom is 0.124 e. The van der Waals surface area contributed by atoms with Crippen molar-refractivity contribution >= 4 is 11.4 Å². The molecule has 0 amide bonds. The number of anilines is 2. The number of aliphatic hydroxyl groups excluding tert-OH is 1. The van der Waals surface area contributed by atoms with Gasteiger partial charge in [-0.05, 0) is 19.1 Å². The van der Waals surface area contributed by atoms with Crippen LogP contribution in [-0.2, 0) is 0 Å². The summed E-state index contributed by atoms with van der Waals surface area (Å²) < 4.78 is 0. The van der Waals surface area contributed by atoms with E-state index in [1.54, 1.807) is 6.92 Å². The van der Waals surface area contributed by atoms with Crippen LogP contribution in [0.2, 0.25) is 0 Å². The number of nitrogens with zero attached hydrogens (tertiary/aromatic N) is 1. The predicted octanol–water partition coefficient (Wildman–Crippen LogP) is 1.26. The summed E-state index contributed by atoms with van der Waals surface area (Å²) in [6.45, 7) is 3.54. The summed E-state index contributed by atoms with van der Waals surface area (Å²) >= 11 is 0.